The summed E-state index contributed by atoms with van der Waals surface area (Å²) in [5.74, 6) is 1.59. The minimum Gasteiger partial charge on any atom is -0.493 e. The van der Waals surface area contributed by atoms with E-state index in [1.165, 1.54) is 11.8 Å². The topological polar surface area (TPSA) is 120 Å². The number of amides is 1. The molecule has 2 aromatic carbocycles. The third-order valence-corrected chi connectivity index (χ3v) is 7.34. The quantitative estimate of drug-likeness (QED) is 0.0659. The first kappa shape index (κ1) is 29.1. The van der Waals surface area contributed by atoms with Gasteiger partial charge in [-0.1, -0.05) is 17.8 Å². The molecule has 0 saturated carbocycles. The van der Waals surface area contributed by atoms with Crippen molar-refractivity contribution >= 4 is 52.2 Å². The monoisotopic (exact) mass is 672 g/mol. The molecule has 2 aromatic heterocycles. The van der Waals surface area contributed by atoms with Gasteiger partial charge >= 0.3 is 0 Å². The predicted molar refractivity (Wildman–Crippen MR) is 164 cm³/mol. The van der Waals surface area contributed by atoms with Crippen molar-refractivity contribution in [3.05, 3.63) is 88.5 Å². The summed E-state index contributed by atoms with van der Waals surface area (Å²) < 4.78 is 16.0. The molecule has 2 N–H and O–H groups in total. The average Bonchev–Trinajstić information content (AvgIpc) is 3.62. The Bertz CT molecular complexity index is 1440. The SMILES string of the molecule is C=CCn1c(CNc2ccc(I)cc2)nnc1SC(C)C(=O)N/N=C/c1ccc(OC)c(OCn2cccn2)c1. The number of carbonyl (C=O) groups excluding carboxylic acids is 1. The summed E-state index contributed by atoms with van der Waals surface area (Å²) >= 11 is 3.57. The molecule has 0 aliphatic heterocycles. The number of allylic oxidation sites excluding steroid dienone is 1. The Hall–Kier alpha value is -3.85. The molecule has 0 radical (unpaired) electrons. The molecule has 4 aromatic rings. The molecule has 0 bridgehead atoms. The first-order chi connectivity index (χ1) is 19.5. The van der Waals surface area contributed by atoms with Crippen LogP contribution >= 0.6 is 34.4 Å². The lowest BCUT2D eigenvalue weighted by atomic mass is 10.2. The first-order valence-corrected chi connectivity index (χ1v) is 14.2. The van der Waals surface area contributed by atoms with Crippen molar-refractivity contribution in [1.29, 1.82) is 0 Å². The van der Waals surface area contributed by atoms with Gasteiger partial charge in [0.15, 0.2) is 29.2 Å². The number of hydrogen-bond donors (Lipinski definition) is 2. The fourth-order valence-electron chi connectivity index (χ4n) is 3.47. The number of thioether (sulfide) groups is 1. The highest BCUT2D eigenvalue weighted by Gasteiger charge is 2.19. The van der Waals surface area contributed by atoms with Crippen LogP contribution in [0.1, 0.15) is 18.3 Å². The number of rotatable bonds is 14. The summed E-state index contributed by atoms with van der Waals surface area (Å²) in [7, 11) is 1.57. The van der Waals surface area contributed by atoms with E-state index in [2.05, 4.69) is 60.3 Å². The smallest absolute Gasteiger partial charge is 0.253 e. The number of nitrogens with zero attached hydrogens (tertiary/aromatic N) is 6. The molecule has 11 nitrogen and oxygen atoms in total. The summed E-state index contributed by atoms with van der Waals surface area (Å²) in [6.45, 7) is 6.88. The summed E-state index contributed by atoms with van der Waals surface area (Å²) in [5, 5.41) is 20.4. The Morgan fingerprint density at radius 3 is 2.77 bits per heavy atom. The molecule has 1 unspecified atom stereocenters. The van der Waals surface area contributed by atoms with Crippen LogP contribution in [0.25, 0.3) is 0 Å². The van der Waals surface area contributed by atoms with Crippen LogP contribution in [0.5, 0.6) is 11.5 Å². The number of hydrogen-bond acceptors (Lipinski definition) is 9. The van der Waals surface area contributed by atoms with Crippen molar-refractivity contribution in [3.63, 3.8) is 0 Å². The summed E-state index contributed by atoms with van der Waals surface area (Å²) in [4.78, 5) is 12.8. The van der Waals surface area contributed by atoms with Crippen LogP contribution in [-0.2, 0) is 24.6 Å². The Morgan fingerprint density at radius 2 is 2.05 bits per heavy atom. The highest BCUT2D eigenvalue weighted by molar-refractivity contribution is 14.1. The van der Waals surface area contributed by atoms with E-state index in [0.717, 1.165) is 20.6 Å². The minimum absolute atomic E-state index is 0.232. The lowest BCUT2D eigenvalue weighted by molar-refractivity contribution is -0.120. The zero-order valence-corrected chi connectivity index (χ0v) is 25.0. The zero-order valence-electron chi connectivity index (χ0n) is 22.0. The lowest BCUT2D eigenvalue weighted by Gasteiger charge is -2.12. The van der Waals surface area contributed by atoms with E-state index >= 15 is 0 Å². The summed E-state index contributed by atoms with van der Waals surface area (Å²) in [5.41, 5.74) is 4.31. The largest absolute Gasteiger partial charge is 0.493 e. The third-order valence-electron chi connectivity index (χ3n) is 5.54. The molecule has 208 valence electrons. The molecule has 0 spiro atoms. The number of aromatic nitrogens is 5. The maximum absolute atomic E-state index is 12.8. The number of halogens is 1. The first-order valence-electron chi connectivity index (χ1n) is 12.3. The van der Waals surface area contributed by atoms with E-state index in [-0.39, 0.29) is 12.6 Å². The van der Waals surface area contributed by atoms with Gasteiger partial charge in [-0.25, -0.2) is 10.1 Å². The number of carbonyl (C=O) groups is 1. The van der Waals surface area contributed by atoms with Crippen molar-refractivity contribution in [2.24, 2.45) is 5.10 Å². The highest BCUT2D eigenvalue weighted by Crippen LogP contribution is 2.28. The van der Waals surface area contributed by atoms with E-state index in [1.54, 1.807) is 55.5 Å². The number of nitrogens with one attached hydrogen (secondary N) is 2. The number of anilines is 1. The molecule has 0 aliphatic rings. The van der Waals surface area contributed by atoms with Crippen LogP contribution in [0.2, 0.25) is 0 Å². The Balaban J connectivity index is 1.34. The molecule has 40 heavy (non-hydrogen) atoms. The molecule has 1 atom stereocenters. The van der Waals surface area contributed by atoms with E-state index in [0.29, 0.717) is 29.7 Å². The van der Waals surface area contributed by atoms with Crippen LogP contribution < -0.4 is 20.2 Å². The standard InChI is InChI=1S/C27H29IN8O3S/c1-4-13-36-25(17-29-22-9-7-21(28)8-10-22)32-34-27(36)40-19(2)26(37)33-30-16-20-6-11-23(38-3)24(15-20)39-18-35-14-5-12-31-35/h4-12,14-16,19,29H,1,13,17-18H2,2-3H3,(H,33,37)/b30-16+. The number of ether oxygens (including phenoxy) is 2. The Labute approximate surface area is 250 Å². The lowest BCUT2D eigenvalue weighted by Crippen LogP contribution is -2.27. The van der Waals surface area contributed by atoms with E-state index in [9.17, 15) is 4.79 Å². The van der Waals surface area contributed by atoms with Gasteiger partial charge in [0.1, 0.15) is 0 Å². The van der Waals surface area contributed by atoms with Gasteiger partial charge in [-0.05, 0) is 83.6 Å². The molecule has 13 heteroatoms. The van der Waals surface area contributed by atoms with Gasteiger partial charge in [-0.15, -0.1) is 16.8 Å². The molecule has 0 fully saturated rings. The van der Waals surface area contributed by atoms with Crippen molar-refractivity contribution in [3.8, 4) is 11.5 Å². The second-order valence-electron chi connectivity index (χ2n) is 8.38. The van der Waals surface area contributed by atoms with Gasteiger partial charge in [0.05, 0.1) is 25.1 Å². The molecular formula is C27H29IN8O3S. The minimum atomic E-state index is -0.467. The molecular weight excluding hydrogens is 643 g/mol. The maximum Gasteiger partial charge on any atom is 0.253 e. The number of hydrazone groups is 1. The van der Waals surface area contributed by atoms with E-state index in [4.69, 9.17) is 9.47 Å². The van der Waals surface area contributed by atoms with E-state index in [1.807, 2.05) is 41.0 Å². The fraction of sp³-hybridized carbons (Fsp3) is 0.222. The van der Waals surface area contributed by atoms with Crippen molar-refractivity contribution in [2.75, 3.05) is 12.4 Å². The number of methoxy groups -OCH3 is 1. The molecule has 0 aliphatic carbocycles. The second-order valence-corrected chi connectivity index (χ2v) is 10.9. The fourth-order valence-corrected chi connectivity index (χ4v) is 4.70. The summed E-state index contributed by atoms with van der Waals surface area (Å²) in [6.07, 6.45) is 6.80. The third kappa shape index (κ3) is 8.08. The van der Waals surface area contributed by atoms with Crippen molar-refractivity contribution in [1.82, 2.24) is 30.0 Å². The predicted octanol–water partition coefficient (Wildman–Crippen LogP) is 4.55. The van der Waals surface area contributed by atoms with Crippen molar-refractivity contribution in [2.45, 2.75) is 37.2 Å². The van der Waals surface area contributed by atoms with Gasteiger partial charge in [0.2, 0.25) is 0 Å². The van der Waals surface area contributed by atoms with Crippen LogP contribution in [0.4, 0.5) is 5.69 Å². The molecule has 1 amide bonds. The zero-order chi connectivity index (χ0) is 28.3. The molecule has 2 heterocycles. The van der Waals surface area contributed by atoms with Gasteiger partial charge in [-0.3, -0.25) is 4.79 Å². The Kier molecular flexibility index (Phi) is 10.6. The average molecular weight is 673 g/mol. The highest BCUT2D eigenvalue weighted by atomic mass is 127. The van der Waals surface area contributed by atoms with Crippen LogP contribution in [0, 0.1) is 3.57 Å². The van der Waals surface area contributed by atoms with Gasteiger partial charge < -0.3 is 19.4 Å². The maximum atomic E-state index is 12.8. The number of benzene rings is 2. The van der Waals surface area contributed by atoms with Crippen LogP contribution in [0.15, 0.2) is 83.8 Å². The van der Waals surface area contributed by atoms with Gasteiger partial charge in [-0.2, -0.15) is 10.2 Å². The van der Waals surface area contributed by atoms with Gasteiger partial charge in [0.25, 0.3) is 5.91 Å². The van der Waals surface area contributed by atoms with Crippen LogP contribution in [-0.4, -0.2) is 49.0 Å². The Morgan fingerprint density at radius 1 is 1.23 bits per heavy atom. The van der Waals surface area contributed by atoms with E-state index < -0.39 is 5.25 Å². The molecule has 4 rings (SSSR count). The second kappa shape index (κ2) is 14.5. The molecule has 0 saturated heterocycles. The van der Waals surface area contributed by atoms with Crippen molar-refractivity contribution < 1.29 is 14.3 Å². The van der Waals surface area contributed by atoms with Crippen LogP contribution in [0.3, 0.4) is 0 Å². The van der Waals surface area contributed by atoms with Gasteiger partial charge in [0, 0.05) is 28.2 Å². The normalized spacial score (nSPS) is 11.8. The summed E-state index contributed by atoms with van der Waals surface area (Å²) in [6, 6.07) is 15.3.